The lowest BCUT2D eigenvalue weighted by molar-refractivity contribution is -0.160. The molecule has 1 rings (SSSR count). The molecule has 2 nitrogen and oxygen atoms in total. The molecule has 0 amide bonds. The third-order valence-corrected chi connectivity index (χ3v) is 2.52. The van der Waals surface area contributed by atoms with Crippen LogP contribution in [0.3, 0.4) is 0 Å². The van der Waals surface area contributed by atoms with E-state index in [1.54, 1.807) is 0 Å². The molecule has 1 unspecified atom stereocenters. The first-order valence-corrected chi connectivity index (χ1v) is 4.55. The van der Waals surface area contributed by atoms with Crippen molar-refractivity contribution in [2.24, 2.45) is 0 Å². The first-order chi connectivity index (χ1) is 5.33. The zero-order chi connectivity index (χ0) is 8.16. The Bertz CT molecular complexity index is 103. The monoisotopic (exact) mass is 158 g/mol. The van der Waals surface area contributed by atoms with Crippen molar-refractivity contribution < 1.29 is 9.47 Å². The number of hydrogen-bond donors (Lipinski definition) is 0. The van der Waals surface area contributed by atoms with Crippen molar-refractivity contribution >= 4 is 0 Å². The molecular weight excluding hydrogens is 140 g/mol. The minimum atomic E-state index is 0.190. The summed E-state index contributed by atoms with van der Waals surface area (Å²) >= 11 is 0. The molecule has 2 heteroatoms. The summed E-state index contributed by atoms with van der Waals surface area (Å²) in [5.74, 6) is 0. The van der Waals surface area contributed by atoms with Gasteiger partial charge in [0.25, 0.3) is 0 Å². The van der Waals surface area contributed by atoms with Crippen LogP contribution in [0.4, 0.5) is 0 Å². The molecule has 0 aromatic heterocycles. The molecule has 0 aliphatic carbocycles. The Labute approximate surface area is 68.9 Å². The molecule has 1 aliphatic rings. The number of hydrogen-bond acceptors (Lipinski definition) is 2. The van der Waals surface area contributed by atoms with E-state index in [1.165, 1.54) is 6.42 Å². The van der Waals surface area contributed by atoms with Crippen molar-refractivity contribution in [2.75, 3.05) is 19.8 Å². The first kappa shape index (κ1) is 9.01. The molecule has 0 N–H and O–H groups in total. The zero-order valence-corrected chi connectivity index (χ0v) is 7.56. The van der Waals surface area contributed by atoms with Crippen LogP contribution in [0.5, 0.6) is 0 Å². The average molecular weight is 158 g/mol. The normalized spacial score (nSPS) is 30.0. The molecule has 1 fully saturated rings. The lowest BCUT2D eigenvalue weighted by Gasteiger charge is -2.41. The Morgan fingerprint density at radius 1 is 1.45 bits per heavy atom. The standard InChI is InChI=1S/C9H18O2/c1-3-9(6-8-11-9)5-7-10-4-2/h3-8H2,1-2H3. The SMILES string of the molecule is CCOCCC1(CC)CCO1. The van der Waals surface area contributed by atoms with E-state index in [0.717, 1.165) is 32.7 Å². The van der Waals surface area contributed by atoms with Crippen molar-refractivity contribution in [1.29, 1.82) is 0 Å². The minimum absolute atomic E-state index is 0.190. The van der Waals surface area contributed by atoms with Gasteiger partial charge in [0.05, 0.1) is 12.2 Å². The van der Waals surface area contributed by atoms with Crippen LogP contribution in [0.2, 0.25) is 0 Å². The highest BCUT2D eigenvalue weighted by Gasteiger charge is 2.35. The lowest BCUT2D eigenvalue weighted by Crippen LogP contribution is -2.43. The summed E-state index contributed by atoms with van der Waals surface area (Å²) in [5.41, 5.74) is 0.190. The van der Waals surface area contributed by atoms with E-state index >= 15 is 0 Å². The smallest absolute Gasteiger partial charge is 0.0723 e. The molecule has 66 valence electrons. The molecule has 0 saturated carbocycles. The van der Waals surface area contributed by atoms with E-state index in [1.807, 2.05) is 6.92 Å². The van der Waals surface area contributed by atoms with Crippen LogP contribution in [0.25, 0.3) is 0 Å². The van der Waals surface area contributed by atoms with Crippen LogP contribution in [-0.4, -0.2) is 25.4 Å². The predicted octanol–water partition coefficient (Wildman–Crippen LogP) is 1.98. The van der Waals surface area contributed by atoms with E-state index in [2.05, 4.69) is 6.92 Å². The highest BCUT2D eigenvalue weighted by molar-refractivity contribution is 4.85. The fraction of sp³-hybridized carbons (Fsp3) is 1.00. The van der Waals surface area contributed by atoms with Gasteiger partial charge in [-0.25, -0.2) is 0 Å². The largest absolute Gasteiger partial charge is 0.382 e. The van der Waals surface area contributed by atoms with E-state index in [4.69, 9.17) is 9.47 Å². The van der Waals surface area contributed by atoms with Crippen LogP contribution in [-0.2, 0) is 9.47 Å². The molecule has 0 spiro atoms. The summed E-state index contributed by atoms with van der Waals surface area (Å²) in [5, 5.41) is 0. The third-order valence-electron chi connectivity index (χ3n) is 2.52. The zero-order valence-electron chi connectivity index (χ0n) is 7.56. The molecule has 1 atom stereocenters. The highest BCUT2D eigenvalue weighted by Crippen LogP contribution is 2.32. The van der Waals surface area contributed by atoms with Gasteiger partial charge < -0.3 is 9.47 Å². The van der Waals surface area contributed by atoms with Gasteiger partial charge in [0, 0.05) is 13.2 Å². The van der Waals surface area contributed by atoms with E-state index < -0.39 is 0 Å². The second kappa shape index (κ2) is 4.07. The van der Waals surface area contributed by atoms with Crippen LogP contribution >= 0.6 is 0 Å². The molecule has 11 heavy (non-hydrogen) atoms. The Morgan fingerprint density at radius 2 is 2.18 bits per heavy atom. The van der Waals surface area contributed by atoms with E-state index in [9.17, 15) is 0 Å². The second-order valence-corrected chi connectivity index (χ2v) is 3.08. The van der Waals surface area contributed by atoms with Gasteiger partial charge in [-0.2, -0.15) is 0 Å². The topological polar surface area (TPSA) is 18.5 Å². The van der Waals surface area contributed by atoms with Gasteiger partial charge >= 0.3 is 0 Å². The minimum Gasteiger partial charge on any atom is -0.382 e. The van der Waals surface area contributed by atoms with Crippen molar-refractivity contribution in [3.63, 3.8) is 0 Å². The van der Waals surface area contributed by atoms with Crippen LogP contribution < -0.4 is 0 Å². The van der Waals surface area contributed by atoms with E-state index in [0.29, 0.717) is 0 Å². The summed E-state index contributed by atoms with van der Waals surface area (Å²) in [6.45, 7) is 6.83. The maximum atomic E-state index is 5.53. The van der Waals surface area contributed by atoms with Crippen molar-refractivity contribution in [3.8, 4) is 0 Å². The highest BCUT2D eigenvalue weighted by atomic mass is 16.5. The Morgan fingerprint density at radius 3 is 2.55 bits per heavy atom. The summed E-state index contributed by atoms with van der Waals surface area (Å²) < 4.78 is 10.8. The Kier molecular flexibility index (Phi) is 3.34. The molecule has 0 bridgehead atoms. The van der Waals surface area contributed by atoms with Crippen molar-refractivity contribution in [3.05, 3.63) is 0 Å². The maximum absolute atomic E-state index is 5.53. The molecular formula is C9H18O2. The van der Waals surface area contributed by atoms with Crippen molar-refractivity contribution in [1.82, 2.24) is 0 Å². The summed E-state index contributed by atoms with van der Waals surface area (Å²) in [7, 11) is 0. The van der Waals surface area contributed by atoms with Gasteiger partial charge in [-0.1, -0.05) is 6.92 Å². The molecule has 0 aromatic rings. The van der Waals surface area contributed by atoms with Gasteiger partial charge in [0.2, 0.25) is 0 Å². The quantitative estimate of drug-likeness (QED) is 0.570. The maximum Gasteiger partial charge on any atom is 0.0723 e. The van der Waals surface area contributed by atoms with Crippen molar-refractivity contribution in [2.45, 2.75) is 38.7 Å². The Hall–Kier alpha value is -0.0800. The van der Waals surface area contributed by atoms with Crippen LogP contribution in [0, 0.1) is 0 Å². The van der Waals surface area contributed by atoms with Gasteiger partial charge in [-0.05, 0) is 26.2 Å². The van der Waals surface area contributed by atoms with Gasteiger partial charge in [-0.15, -0.1) is 0 Å². The fourth-order valence-corrected chi connectivity index (χ4v) is 1.45. The lowest BCUT2D eigenvalue weighted by atomic mass is 9.89. The molecule has 1 heterocycles. The summed E-state index contributed by atoms with van der Waals surface area (Å²) in [4.78, 5) is 0. The average Bonchev–Trinajstić information content (AvgIpc) is 1.95. The van der Waals surface area contributed by atoms with Gasteiger partial charge in [0.15, 0.2) is 0 Å². The summed E-state index contributed by atoms with van der Waals surface area (Å²) in [6, 6.07) is 0. The number of ether oxygens (including phenoxy) is 2. The van der Waals surface area contributed by atoms with Crippen LogP contribution in [0.15, 0.2) is 0 Å². The molecule has 0 aromatic carbocycles. The fourth-order valence-electron chi connectivity index (χ4n) is 1.45. The molecule has 1 aliphatic heterocycles. The third kappa shape index (κ3) is 2.17. The number of rotatable bonds is 5. The molecule has 1 saturated heterocycles. The van der Waals surface area contributed by atoms with Crippen LogP contribution in [0.1, 0.15) is 33.1 Å². The Balaban J connectivity index is 2.11. The van der Waals surface area contributed by atoms with Gasteiger partial charge in [0.1, 0.15) is 0 Å². The first-order valence-electron chi connectivity index (χ1n) is 4.55. The summed E-state index contributed by atoms with van der Waals surface area (Å²) in [6.07, 6.45) is 3.41. The second-order valence-electron chi connectivity index (χ2n) is 3.08. The predicted molar refractivity (Wildman–Crippen MR) is 44.7 cm³/mol. The van der Waals surface area contributed by atoms with Gasteiger partial charge in [-0.3, -0.25) is 0 Å². The molecule has 0 radical (unpaired) electrons. The van der Waals surface area contributed by atoms with E-state index in [-0.39, 0.29) is 5.60 Å².